The highest BCUT2D eigenvalue weighted by molar-refractivity contribution is 8.00. The molecule has 0 spiro atoms. The van der Waals surface area contributed by atoms with Crippen LogP contribution in [-0.2, 0) is 4.79 Å². The van der Waals surface area contributed by atoms with Crippen LogP contribution < -0.4 is 5.32 Å². The van der Waals surface area contributed by atoms with Crippen LogP contribution in [0, 0.1) is 0 Å². The highest BCUT2D eigenvalue weighted by Crippen LogP contribution is 2.29. The van der Waals surface area contributed by atoms with Gasteiger partial charge in [0.2, 0.25) is 0 Å². The Labute approximate surface area is 102 Å². The third-order valence-corrected chi connectivity index (χ3v) is 3.57. The molecule has 1 aromatic rings. The molecule has 6 heteroatoms. The zero-order valence-electron chi connectivity index (χ0n) is 7.83. The number of nitrogens with one attached hydrogen (secondary N) is 1. The SMILES string of the molecule is CNC(Sc1ccc(Cl)c(Cl)c1)C(=O)O. The van der Waals surface area contributed by atoms with Crippen molar-refractivity contribution in [3.63, 3.8) is 0 Å². The van der Waals surface area contributed by atoms with Gasteiger partial charge in [0.15, 0.2) is 5.37 Å². The van der Waals surface area contributed by atoms with Crippen LogP contribution in [0.5, 0.6) is 0 Å². The number of hydrogen-bond acceptors (Lipinski definition) is 3. The van der Waals surface area contributed by atoms with Crippen LogP contribution in [0.3, 0.4) is 0 Å². The van der Waals surface area contributed by atoms with Gasteiger partial charge in [-0.2, -0.15) is 0 Å². The number of carboxylic acids is 1. The summed E-state index contributed by atoms with van der Waals surface area (Å²) < 4.78 is 0. The van der Waals surface area contributed by atoms with E-state index < -0.39 is 11.3 Å². The van der Waals surface area contributed by atoms with E-state index in [1.807, 2.05) is 0 Å². The van der Waals surface area contributed by atoms with Crippen LogP contribution in [0.15, 0.2) is 23.1 Å². The molecule has 0 aromatic heterocycles. The summed E-state index contributed by atoms with van der Waals surface area (Å²) in [4.78, 5) is 11.5. The van der Waals surface area contributed by atoms with Crippen molar-refractivity contribution in [2.75, 3.05) is 7.05 Å². The number of aliphatic carboxylic acids is 1. The summed E-state index contributed by atoms with van der Waals surface area (Å²) in [5, 5.41) is 11.7. The number of likely N-dealkylation sites (N-methyl/N-ethyl adjacent to an activating group) is 1. The molecule has 15 heavy (non-hydrogen) atoms. The van der Waals surface area contributed by atoms with Crippen molar-refractivity contribution in [3.05, 3.63) is 28.2 Å². The maximum absolute atomic E-state index is 10.7. The molecule has 1 aromatic carbocycles. The number of halogens is 2. The Morgan fingerprint density at radius 2 is 2.13 bits per heavy atom. The Morgan fingerprint density at radius 3 is 2.60 bits per heavy atom. The second-order valence-electron chi connectivity index (χ2n) is 2.70. The van der Waals surface area contributed by atoms with E-state index in [0.29, 0.717) is 10.0 Å². The molecular formula is C9H9Cl2NO2S. The third kappa shape index (κ3) is 3.57. The first kappa shape index (κ1) is 12.6. The fourth-order valence-electron chi connectivity index (χ4n) is 0.919. The molecule has 0 aliphatic heterocycles. The van der Waals surface area contributed by atoms with Gasteiger partial charge in [0.1, 0.15) is 0 Å². The summed E-state index contributed by atoms with van der Waals surface area (Å²) in [5.41, 5.74) is 0. The molecule has 3 nitrogen and oxygen atoms in total. The summed E-state index contributed by atoms with van der Waals surface area (Å²) in [7, 11) is 1.59. The second kappa shape index (κ2) is 5.61. The minimum atomic E-state index is -0.923. The Bertz CT molecular complexity index is 373. The first-order chi connectivity index (χ1) is 7.04. The van der Waals surface area contributed by atoms with Gasteiger partial charge in [-0.1, -0.05) is 35.0 Å². The number of carboxylic acid groups (broad SMARTS) is 1. The highest BCUT2D eigenvalue weighted by Gasteiger charge is 2.16. The van der Waals surface area contributed by atoms with Crippen molar-refractivity contribution in [2.24, 2.45) is 0 Å². The van der Waals surface area contributed by atoms with Gasteiger partial charge in [-0.25, -0.2) is 4.79 Å². The third-order valence-electron chi connectivity index (χ3n) is 1.63. The van der Waals surface area contributed by atoms with Gasteiger partial charge in [-0.3, -0.25) is 5.32 Å². The van der Waals surface area contributed by atoms with E-state index in [9.17, 15) is 4.79 Å². The summed E-state index contributed by atoms with van der Waals surface area (Å²) in [6, 6.07) is 5.01. The van der Waals surface area contributed by atoms with E-state index in [4.69, 9.17) is 28.3 Å². The molecule has 0 fully saturated rings. The monoisotopic (exact) mass is 265 g/mol. The molecule has 0 heterocycles. The molecule has 0 saturated carbocycles. The van der Waals surface area contributed by atoms with E-state index in [0.717, 1.165) is 4.90 Å². The van der Waals surface area contributed by atoms with Crippen LogP contribution in [0.4, 0.5) is 0 Å². The van der Waals surface area contributed by atoms with E-state index in [1.165, 1.54) is 11.8 Å². The van der Waals surface area contributed by atoms with E-state index in [2.05, 4.69) is 5.32 Å². The average molecular weight is 266 g/mol. The first-order valence-corrected chi connectivity index (χ1v) is 5.70. The van der Waals surface area contributed by atoms with Crippen LogP contribution in [-0.4, -0.2) is 23.5 Å². The maximum Gasteiger partial charge on any atom is 0.331 e. The minimum absolute atomic E-state index is 0.418. The quantitative estimate of drug-likeness (QED) is 0.649. The molecule has 1 atom stereocenters. The van der Waals surface area contributed by atoms with Crippen molar-refractivity contribution in [1.82, 2.24) is 5.32 Å². The predicted octanol–water partition coefficient (Wildman–Crippen LogP) is 2.72. The van der Waals surface area contributed by atoms with Crippen molar-refractivity contribution < 1.29 is 9.90 Å². The lowest BCUT2D eigenvalue weighted by atomic mass is 10.4. The molecule has 2 N–H and O–H groups in total. The molecule has 1 unspecified atom stereocenters. The van der Waals surface area contributed by atoms with Gasteiger partial charge < -0.3 is 5.11 Å². The highest BCUT2D eigenvalue weighted by atomic mass is 35.5. The zero-order valence-corrected chi connectivity index (χ0v) is 10.2. The van der Waals surface area contributed by atoms with Gasteiger partial charge >= 0.3 is 5.97 Å². The molecule has 0 saturated heterocycles. The zero-order chi connectivity index (χ0) is 11.4. The second-order valence-corrected chi connectivity index (χ2v) is 4.69. The Balaban J connectivity index is 2.80. The van der Waals surface area contributed by atoms with Gasteiger partial charge in [-0.05, 0) is 25.2 Å². The number of rotatable bonds is 4. The van der Waals surface area contributed by atoms with Crippen LogP contribution >= 0.6 is 35.0 Å². The Morgan fingerprint density at radius 1 is 1.47 bits per heavy atom. The van der Waals surface area contributed by atoms with Gasteiger partial charge in [0.05, 0.1) is 10.0 Å². The van der Waals surface area contributed by atoms with Gasteiger partial charge in [0.25, 0.3) is 0 Å². The normalized spacial score (nSPS) is 12.5. The number of hydrogen-bond donors (Lipinski definition) is 2. The predicted molar refractivity (Wildman–Crippen MR) is 62.8 cm³/mol. The van der Waals surface area contributed by atoms with Crippen LogP contribution in [0.2, 0.25) is 10.0 Å². The van der Waals surface area contributed by atoms with E-state index in [-0.39, 0.29) is 0 Å². The summed E-state index contributed by atoms with van der Waals surface area (Å²) in [6.45, 7) is 0. The van der Waals surface area contributed by atoms with Crippen molar-refractivity contribution >= 4 is 40.9 Å². The fourth-order valence-corrected chi connectivity index (χ4v) is 2.11. The lowest BCUT2D eigenvalue weighted by Gasteiger charge is -2.10. The first-order valence-electron chi connectivity index (χ1n) is 4.06. The molecule has 82 valence electrons. The molecule has 0 bridgehead atoms. The van der Waals surface area contributed by atoms with Gasteiger partial charge in [-0.15, -0.1) is 0 Å². The van der Waals surface area contributed by atoms with E-state index >= 15 is 0 Å². The molecule has 0 amide bonds. The molecule has 0 aliphatic rings. The number of carbonyl (C=O) groups is 1. The standard InChI is InChI=1S/C9H9Cl2NO2S/c1-12-8(9(13)14)15-5-2-3-6(10)7(11)4-5/h2-4,8,12H,1H3,(H,13,14). The molecule has 0 aliphatic carbocycles. The minimum Gasteiger partial charge on any atom is -0.479 e. The summed E-state index contributed by atoms with van der Waals surface area (Å²) >= 11 is 12.7. The van der Waals surface area contributed by atoms with Crippen molar-refractivity contribution in [1.29, 1.82) is 0 Å². The largest absolute Gasteiger partial charge is 0.479 e. The van der Waals surface area contributed by atoms with Gasteiger partial charge in [0, 0.05) is 4.90 Å². The maximum atomic E-state index is 10.7. The van der Waals surface area contributed by atoms with Crippen LogP contribution in [0.25, 0.3) is 0 Å². The van der Waals surface area contributed by atoms with Crippen molar-refractivity contribution in [3.8, 4) is 0 Å². The van der Waals surface area contributed by atoms with Crippen LogP contribution in [0.1, 0.15) is 0 Å². The smallest absolute Gasteiger partial charge is 0.331 e. The fraction of sp³-hybridized carbons (Fsp3) is 0.222. The molecule has 0 radical (unpaired) electrons. The Kier molecular flexibility index (Phi) is 4.73. The Hall–Kier alpha value is -0.420. The number of thioether (sulfide) groups is 1. The van der Waals surface area contributed by atoms with Crippen molar-refractivity contribution in [2.45, 2.75) is 10.3 Å². The summed E-state index contributed by atoms with van der Waals surface area (Å²) in [6.07, 6.45) is 0. The number of benzene rings is 1. The molecular weight excluding hydrogens is 257 g/mol. The lowest BCUT2D eigenvalue weighted by molar-refractivity contribution is -0.136. The lowest BCUT2D eigenvalue weighted by Crippen LogP contribution is -2.30. The van der Waals surface area contributed by atoms with E-state index in [1.54, 1.807) is 25.2 Å². The topological polar surface area (TPSA) is 49.3 Å². The average Bonchev–Trinajstić information content (AvgIpc) is 2.19. The molecule has 1 rings (SSSR count). The summed E-state index contributed by atoms with van der Waals surface area (Å²) in [5.74, 6) is -0.923.